The maximum Gasteiger partial charge on any atom is 0.416 e. The lowest BCUT2D eigenvalue weighted by atomic mass is 10.0. The zero-order valence-corrected chi connectivity index (χ0v) is 11.6. The van der Waals surface area contributed by atoms with Crippen LogP contribution in [0.3, 0.4) is 0 Å². The molecule has 0 bridgehead atoms. The fourth-order valence-corrected chi connectivity index (χ4v) is 2.79. The number of benzene rings is 1. The third-order valence-corrected chi connectivity index (χ3v) is 3.87. The van der Waals surface area contributed by atoms with Gasteiger partial charge in [0.1, 0.15) is 0 Å². The van der Waals surface area contributed by atoms with Gasteiger partial charge in [0.05, 0.1) is 17.9 Å². The van der Waals surface area contributed by atoms with E-state index in [-0.39, 0.29) is 17.7 Å². The molecule has 3 nitrogen and oxygen atoms in total. The number of hydrogen-bond acceptors (Lipinski definition) is 2. The fraction of sp³-hybridized carbons (Fsp3) is 0.312. The van der Waals surface area contributed by atoms with Crippen LogP contribution in [0.15, 0.2) is 47.1 Å². The molecule has 1 aromatic heterocycles. The van der Waals surface area contributed by atoms with Gasteiger partial charge in [0, 0.05) is 6.54 Å². The Morgan fingerprint density at radius 3 is 2.50 bits per heavy atom. The number of carbonyl (C=O) groups excluding carboxylic acids is 1. The molecule has 6 heteroatoms. The third kappa shape index (κ3) is 2.73. The highest BCUT2D eigenvalue weighted by atomic mass is 19.4. The summed E-state index contributed by atoms with van der Waals surface area (Å²) < 4.78 is 42.9. The van der Waals surface area contributed by atoms with Gasteiger partial charge in [0.2, 0.25) is 0 Å². The van der Waals surface area contributed by atoms with E-state index in [1.165, 1.54) is 18.4 Å². The highest BCUT2D eigenvalue weighted by Crippen LogP contribution is 2.35. The Kier molecular flexibility index (Phi) is 3.68. The van der Waals surface area contributed by atoms with Crippen molar-refractivity contribution < 1.29 is 22.4 Å². The predicted molar refractivity (Wildman–Crippen MR) is 73.2 cm³/mol. The zero-order chi connectivity index (χ0) is 15.7. The van der Waals surface area contributed by atoms with Crippen molar-refractivity contribution in [3.8, 4) is 0 Å². The first kappa shape index (κ1) is 14.7. The Bertz CT molecular complexity index is 647. The van der Waals surface area contributed by atoms with E-state index in [0.29, 0.717) is 12.1 Å². The van der Waals surface area contributed by atoms with Crippen LogP contribution in [-0.2, 0) is 6.18 Å². The van der Waals surface area contributed by atoms with Gasteiger partial charge in [-0.15, -0.1) is 0 Å². The van der Waals surface area contributed by atoms with Crippen molar-refractivity contribution in [2.45, 2.75) is 25.1 Å². The summed E-state index contributed by atoms with van der Waals surface area (Å²) >= 11 is 0. The molecule has 0 aliphatic carbocycles. The van der Waals surface area contributed by atoms with Crippen LogP contribution in [0.1, 0.15) is 40.6 Å². The number of hydrogen-bond donors (Lipinski definition) is 0. The molecule has 0 saturated carbocycles. The van der Waals surface area contributed by atoms with Gasteiger partial charge in [0.15, 0.2) is 5.76 Å². The summed E-state index contributed by atoms with van der Waals surface area (Å²) in [7, 11) is 0. The molecule has 1 aromatic carbocycles. The van der Waals surface area contributed by atoms with Crippen LogP contribution < -0.4 is 0 Å². The van der Waals surface area contributed by atoms with E-state index in [9.17, 15) is 18.0 Å². The minimum atomic E-state index is -4.35. The minimum Gasteiger partial charge on any atom is -0.459 e. The van der Waals surface area contributed by atoms with Crippen LogP contribution in [0, 0.1) is 0 Å². The number of carbonyl (C=O) groups is 1. The molecule has 116 valence electrons. The number of alkyl halides is 3. The Labute approximate surface area is 125 Å². The molecule has 0 spiro atoms. The molecular formula is C16H14F3NO2. The second-order valence-electron chi connectivity index (χ2n) is 5.25. The van der Waals surface area contributed by atoms with Gasteiger partial charge < -0.3 is 9.32 Å². The summed E-state index contributed by atoms with van der Waals surface area (Å²) in [5.41, 5.74) is 0.0311. The van der Waals surface area contributed by atoms with Crippen molar-refractivity contribution in [1.82, 2.24) is 4.90 Å². The summed E-state index contributed by atoms with van der Waals surface area (Å²) in [6, 6.07) is 8.02. The lowest BCUT2D eigenvalue weighted by Crippen LogP contribution is -2.30. The Balaban J connectivity index is 1.83. The standard InChI is InChI=1S/C16H14F3NO2/c17-16(18,19)12-7-5-11(6-8-12)13-3-1-9-20(13)15(21)14-4-2-10-22-14/h2,4-8,10,13H,1,3,9H2. The Hall–Kier alpha value is -2.24. The van der Waals surface area contributed by atoms with E-state index in [1.807, 2.05) is 0 Å². The molecule has 1 atom stereocenters. The molecule has 1 unspecified atom stereocenters. The second kappa shape index (κ2) is 5.51. The quantitative estimate of drug-likeness (QED) is 0.830. The highest BCUT2D eigenvalue weighted by Gasteiger charge is 2.33. The van der Waals surface area contributed by atoms with E-state index >= 15 is 0 Å². The first-order valence-corrected chi connectivity index (χ1v) is 6.98. The lowest BCUT2D eigenvalue weighted by molar-refractivity contribution is -0.137. The molecule has 2 heterocycles. The first-order valence-electron chi connectivity index (χ1n) is 6.98. The molecule has 1 aliphatic heterocycles. The number of likely N-dealkylation sites (tertiary alicyclic amines) is 1. The predicted octanol–water partition coefficient (Wildman–Crippen LogP) is 4.28. The van der Waals surface area contributed by atoms with Crippen LogP contribution in [0.5, 0.6) is 0 Å². The van der Waals surface area contributed by atoms with Gasteiger partial charge in [-0.1, -0.05) is 12.1 Å². The maximum atomic E-state index is 12.6. The SMILES string of the molecule is O=C(c1ccco1)N1CCCC1c1ccc(C(F)(F)F)cc1. The third-order valence-electron chi connectivity index (χ3n) is 3.87. The molecule has 3 rings (SSSR count). The largest absolute Gasteiger partial charge is 0.459 e. The Morgan fingerprint density at radius 2 is 1.91 bits per heavy atom. The summed E-state index contributed by atoms with van der Waals surface area (Å²) in [6.45, 7) is 0.575. The van der Waals surface area contributed by atoms with E-state index in [4.69, 9.17) is 4.42 Å². The molecule has 1 amide bonds. The topological polar surface area (TPSA) is 33.5 Å². The average molecular weight is 309 g/mol. The first-order chi connectivity index (χ1) is 10.5. The van der Waals surface area contributed by atoms with Gasteiger partial charge in [-0.05, 0) is 42.7 Å². The zero-order valence-electron chi connectivity index (χ0n) is 11.6. The van der Waals surface area contributed by atoms with Crippen molar-refractivity contribution in [2.75, 3.05) is 6.54 Å². The van der Waals surface area contributed by atoms with Gasteiger partial charge in [-0.3, -0.25) is 4.79 Å². The molecule has 1 aliphatic rings. The molecule has 1 saturated heterocycles. The number of furan rings is 1. The van der Waals surface area contributed by atoms with Crippen molar-refractivity contribution >= 4 is 5.91 Å². The molecule has 2 aromatic rings. The highest BCUT2D eigenvalue weighted by molar-refractivity contribution is 5.91. The summed E-state index contributed by atoms with van der Waals surface area (Å²) in [5, 5.41) is 0. The molecule has 1 fully saturated rings. The van der Waals surface area contributed by atoms with Crippen LogP contribution in [0.4, 0.5) is 13.2 Å². The smallest absolute Gasteiger partial charge is 0.416 e. The minimum absolute atomic E-state index is 0.208. The molecule has 0 N–H and O–H groups in total. The van der Waals surface area contributed by atoms with Crippen molar-refractivity contribution in [3.05, 3.63) is 59.5 Å². The summed E-state index contributed by atoms with van der Waals surface area (Å²) in [5.74, 6) is 0.0196. The summed E-state index contributed by atoms with van der Waals surface area (Å²) in [6.07, 6.45) is -1.37. The number of rotatable bonds is 2. The van der Waals surface area contributed by atoms with Crippen molar-refractivity contribution in [2.24, 2.45) is 0 Å². The second-order valence-corrected chi connectivity index (χ2v) is 5.25. The fourth-order valence-electron chi connectivity index (χ4n) is 2.79. The van der Waals surface area contributed by atoms with E-state index in [2.05, 4.69) is 0 Å². The maximum absolute atomic E-state index is 12.6. The van der Waals surface area contributed by atoms with Crippen LogP contribution in [-0.4, -0.2) is 17.4 Å². The molecule has 0 radical (unpaired) electrons. The van der Waals surface area contributed by atoms with E-state index in [1.54, 1.807) is 17.0 Å². The number of amides is 1. The van der Waals surface area contributed by atoms with E-state index < -0.39 is 11.7 Å². The van der Waals surface area contributed by atoms with Crippen LogP contribution in [0.2, 0.25) is 0 Å². The molecular weight excluding hydrogens is 295 g/mol. The van der Waals surface area contributed by atoms with Crippen LogP contribution in [0.25, 0.3) is 0 Å². The monoisotopic (exact) mass is 309 g/mol. The average Bonchev–Trinajstić information content (AvgIpc) is 3.17. The molecule has 22 heavy (non-hydrogen) atoms. The Morgan fingerprint density at radius 1 is 1.18 bits per heavy atom. The van der Waals surface area contributed by atoms with Gasteiger partial charge in [-0.2, -0.15) is 13.2 Å². The van der Waals surface area contributed by atoms with Crippen molar-refractivity contribution in [3.63, 3.8) is 0 Å². The van der Waals surface area contributed by atoms with Gasteiger partial charge in [-0.25, -0.2) is 0 Å². The number of halogens is 3. The van der Waals surface area contributed by atoms with Gasteiger partial charge in [0.25, 0.3) is 5.91 Å². The number of nitrogens with zero attached hydrogens (tertiary/aromatic N) is 1. The van der Waals surface area contributed by atoms with Crippen molar-refractivity contribution in [1.29, 1.82) is 0 Å². The van der Waals surface area contributed by atoms with Crippen LogP contribution >= 0.6 is 0 Å². The summed E-state index contributed by atoms with van der Waals surface area (Å²) in [4.78, 5) is 14.0. The normalized spacial score (nSPS) is 18.7. The van der Waals surface area contributed by atoms with E-state index in [0.717, 1.165) is 25.0 Å². The van der Waals surface area contributed by atoms with Gasteiger partial charge >= 0.3 is 6.18 Å². The lowest BCUT2D eigenvalue weighted by Gasteiger charge is -2.24.